The van der Waals surface area contributed by atoms with Gasteiger partial charge < -0.3 is 10.1 Å². The standard InChI is InChI=1S/C10H18N2O2/c1-6-10(5,7-11)12-8(13)14-9(2,3)4/h6H2,1-5H3,(H,12,13)/t10-/m0/s1. The van der Waals surface area contributed by atoms with Gasteiger partial charge in [0.05, 0.1) is 6.07 Å². The van der Waals surface area contributed by atoms with Crippen LogP contribution in [0.15, 0.2) is 0 Å². The van der Waals surface area contributed by atoms with E-state index in [-0.39, 0.29) is 0 Å². The molecule has 4 heteroatoms. The maximum Gasteiger partial charge on any atom is 0.408 e. The molecule has 0 unspecified atom stereocenters. The summed E-state index contributed by atoms with van der Waals surface area (Å²) in [6.07, 6.45) is -0.00802. The number of alkyl carbamates (subject to hydrolysis) is 1. The maximum absolute atomic E-state index is 11.3. The largest absolute Gasteiger partial charge is 0.444 e. The van der Waals surface area contributed by atoms with Crippen LogP contribution in [0.4, 0.5) is 4.79 Å². The fourth-order valence-corrected chi connectivity index (χ4v) is 0.724. The Balaban J connectivity index is 4.27. The Morgan fingerprint density at radius 1 is 1.43 bits per heavy atom. The smallest absolute Gasteiger partial charge is 0.408 e. The fourth-order valence-electron chi connectivity index (χ4n) is 0.724. The number of nitriles is 1. The van der Waals surface area contributed by atoms with Crippen molar-refractivity contribution >= 4 is 6.09 Å². The first-order chi connectivity index (χ1) is 6.22. The summed E-state index contributed by atoms with van der Waals surface area (Å²) in [6, 6.07) is 2.03. The summed E-state index contributed by atoms with van der Waals surface area (Å²) in [5.74, 6) is 0. The first kappa shape index (κ1) is 12.8. The highest BCUT2D eigenvalue weighted by Gasteiger charge is 2.26. The zero-order valence-corrected chi connectivity index (χ0v) is 9.47. The van der Waals surface area contributed by atoms with E-state index in [1.807, 2.05) is 13.0 Å². The monoisotopic (exact) mass is 198 g/mol. The van der Waals surface area contributed by atoms with E-state index in [9.17, 15) is 4.79 Å². The van der Waals surface area contributed by atoms with Crippen LogP contribution in [0.25, 0.3) is 0 Å². The van der Waals surface area contributed by atoms with Gasteiger partial charge in [0.15, 0.2) is 0 Å². The van der Waals surface area contributed by atoms with Crippen molar-refractivity contribution < 1.29 is 9.53 Å². The second kappa shape index (κ2) is 4.32. The SMILES string of the molecule is CC[C@@](C)(C#N)NC(=O)OC(C)(C)C. The molecule has 0 bridgehead atoms. The highest BCUT2D eigenvalue weighted by atomic mass is 16.6. The Bertz CT molecular complexity index is 250. The van der Waals surface area contributed by atoms with Crippen LogP contribution >= 0.6 is 0 Å². The number of amides is 1. The summed E-state index contributed by atoms with van der Waals surface area (Å²) < 4.78 is 5.04. The van der Waals surface area contributed by atoms with E-state index in [4.69, 9.17) is 10.00 Å². The van der Waals surface area contributed by atoms with E-state index in [0.717, 1.165) is 0 Å². The van der Waals surface area contributed by atoms with Crippen LogP contribution in [0.2, 0.25) is 0 Å². The number of hydrogen-bond donors (Lipinski definition) is 1. The normalized spacial score (nSPS) is 15.1. The van der Waals surface area contributed by atoms with Crippen molar-refractivity contribution in [2.45, 2.75) is 52.2 Å². The van der Waals surface area contributed by atoms with Crippen molar-refractivity contribution in [2.75, 3.05) is 0 Å². The van der Waals surface area contributed by atoms with Crippen molar-refractivity contribution in [3.05, 3.63) is 0 Å². The molecular weight excluding hydrogens is 180 g/mol. The molecule has 0 aliphatic rings. The highest BCUT2D eigenvalue weighted by molar-refractivity contribution is 5.69. The number of carbonyl (C=O) groups is 1. The van der Waals surface area contributed by atoms with Gasteiger partial charge in [-0.3, -0.25) is 0 Å². The Labute approximate surface area is 85.2 Å². The molecule has 0 saturated heterocycles. The predicted octanol–water partition coefficient (Wildman–Crippen LogP) is 2.20. The number of hydrogen-bond acceptors (Lipinski definition) is 3. The molecule has 1 amide bonds. The van der Waals surface area contributed by atoms with E-state index in [0.29, 0.717) is 6.42 Å². The average molecular weight is 198 g/mol. The van der Waals surface area contributed by atoms with E-state index < -0.39 is 17.2 Å². The summed E-state index contributed by atoms with van der Waals surface area (Å²) in [4.78, 5) is 11.3. The third-order valence-electron chi connectivity index (χ3n) is 1.73. The zero-order valence-electron chi connectivity index (χ0n) is 9.47. The molecule has 0 spiro atoms. The molecule has 0 aromatic carbocycles. The van der Waals surface area contributed by atoms with Gasteiger partial charge in [-0.25, -0.2) is 4.79 Å². The van der Waals surface area contributed by atoms with Crippen molar-refractivity contribution in [3.63, 3.8) is 0 Å². The zero-order chi connectivity index (χ0) is 11.4. The molecule has 0 heterocycles. The summed E-state index contributed by atoms with van der Waals surface area (Å²) in [7, 11) is 0. The van der Waals surface area contributed by atoms with Crippen molar-refractivity contribution in [2.24, 2.45) is 0 Å². The molecule has 0 saturated carbocycles. The lowest BCUT2D eigenvalue weighted by Crippen LogP contribution is -2.46. The highest BCUT2D eigenvalue weighted by Crippen LogP contribution is 2.11. The topological polar surface area (TPSA) is 62.1 Å². The molecule has 1 N–H and O–H groups in total. The van der Waals surface area contributed by atoms with Crippen molar-refractivity contribution in [1.82, 2.24) is 5.32 Å². The summed E-state index contributed by atoms with van der Waals surface area (Å²) >= 11 is 0. The molecule has 0 aliphatic heterocycles. The molecule has 0 fully saturated rings. The quantitative estimate of drug-likeness (QED) is 0.739. The van der Waals surface area contributed by atoms with Crippen LogP contribution in [-0.4, -0.2) is 17.2 Å². The maximum atomic E-state index is 11.3. The molecule has 0 radical (unpaired) electrons. The van der Waals surface area contributed by atoms with Crippen LogP contribution in [0, 0.1) is 11.3 Å². The van der Waals surface area contributed by atoms with Crippen molar-refractivity contribution in [3.8, 4) is 6.07 Å². The van der Waals surface area contributed by atoms with E-state index in [1.54, 1.807) is 27.7 Å². The molecule has 4 nitrogen and oxygen atoms in total. The third-order valence-corrected chi connectivity index (χ3v) is 1.73. The van der Waals surface area contributed by atoms with Crippen LogP contribution < -0.4 is 5.32 Å². The predicted molar refractivity (Wildman–Crippen MR) is 53.7 cm³/mol. The van der Waals surface area contributed by atoms with Crippen LogP contribution in [0.1, 0.15) is 41.0 Å². The molecular formula is C10H18N2O2. The summed E-state index contributed by atoms with van der Waals surface area (Å²) in [5, 5.41) is 11.3. The molecule has 0 aliphatic carbocycles. The molecule has 1 atom stereocenters. The van der Waals surface area contributed by atoms with Crippen LogP contribution in [0.3, 0.4) is 0 Å². The minimum absolute atomic E-state index is 0.534. The van der Waals surface area contributed by atoms with Gasteiger partial charge in [0.1, 0.15) is 11.1 Å². The molecule has 80 valence electrons. The lowest BCUT2D eigenvalue weighted by molar-refractivity contribution is 0.0485. The van der Waals surface area contributed by atoms with Gasteiger partial charge in [-0.2, -0.15) is 5.26 Å². The Kier molecular flexibility index (Phi) is 3.93. The molecule has 0 rings (SSSR count). The second-order valence-corrected chi connectivity index (χ2v) is 4.42. The Hall–Kier alpha value is -1.24. The Morgan fingerprint density at radius 2 is 1.93 bits per heavy atom. The number of carbonyl (C=O) groups excluding carboxylic acids is 1. The van der Waals surface area contributed by atoms with Crippen molar-refractivity contribution in [1.29, 1.82) is 5.26 Å². The number of rotatable bonds is 2. The van der Waals surface area contributed by atoms with E-state index >= 15 is 0 Å². The first-order valence-corrected chi connectivity index (χ1v) is 4.65. The molecule has 0 aromatic heterocycles. The number of nitrogens with zero attached hydrogens (tertiary/aromatic N) is 1. The molecule has 0 aromatic rings. The lowest BCUT2D eigenvalue weighted by Gasteiger charge is -2.25. The lowest BCUT2D eigenvalue weighted by atomic mass is 10.0. The van der Waals surface area contributed by atoms with E-state index in [2.05, 4.69) is 5.32 Å². The third kappa shape index (κ3) is 4.70. The average Bonchev–Trinajstić information content (AvgIpc) is 2.00. The van der Waals surface area contributed by atoms with E-state index in [1.165, 1.54) is 0 Å². The molecule has 14 heavy (non-hydrogen) atoms. The van der Waals surface area contributed by atoms with Gasteiger partial charge in [0.2, 0.25) is 0 Å². The first-order valence-electron chi connectivity index (χ1n) is 4.65. The Morgan fingerprint density at radius 3 is 2.21 bits per heavy atom. The second-order valence-electron chi connectivity index (χ2n) is 4.42. The van der Waals surface area contributed by atoms with Gasteiger partial charge in [0, 0.05) is 0 Å². The van der Waals surface area contributed by atoms with Gasteiger partial charge in [0.25, 0.3) is 0 Å². The summed E-state index contributed by atoms with van der Waals surface area (Å²) in [5.41, 5.74) is -1.38. The van der Waals surface area contributed by atoms with Gasteiger partial charge in [-0.05, 0) is 34.1 Å². The number of ether oxygens (including phenoxy) is 1. The van der Waals surface area contributed by atoms with Crippen LogP contribution in [-0.2, 0) is 4.74 Å². The minimum Gasteiger partial charge on any atom is -0.444 e. The van der Waals surface area contributed by atoms with Gasteiger partial charge in [-0.15, -0.1) is 0 Å². The van der Waals surface area contributed by atoms with Crippen LogP contribution in [0.5, 0.6) is 0 Å². The van der Waals surface area contributed by atoms with Gasteiger partial charge in [-0.1, -0.05) is 6.92 Å². The number of nitrogens with one attached hydrogen (secondary N) is 1. The fraction of sp³-hybridized carbons (Fsp3) is 0.800. The minimum atomic E-state index is -0.845. The van der Waals surface area contributed by atoms with Gasteiger partial charge >= 0.3 is 6.09 Å². The summed E-state index contributed by atoms with van der Waals surface area (Å²) in [6.45, 7) is 8.84.